The molecular weight excluding hydrogens is 352 g/mol. The van der Waals surface area contributed by atoms with Gasteiger partial charge in [-0.1, -0.05) is 35.0 Å². The smallest absolute Gasteiger partial charge is 0.220 e. The molecule has 0 aromatic heterocycles. The summed E-state index contributed by atoms with van der Waals surface area (Å²) in [5, 5.41) is 2.77. The Kier molecular flexibility index (Phi) is 5.66. The fourth-order valence-electron chi connectivity index (χ4n) is 2.13. The second kappa shape index (κ2) is 7.49. The highest BCUT2D eigenvalue weighted by Gasteiger charge is 2.12. The average Bonchev–Trinajstić information content (AvgIpc) is 2.49. The maximum Gasteiger partial charge on any atom is 0.220 e. The van der Waals surface area contributed by atoms with E-state index >= 15 is 0 Å². The Balaban J connectivity index is 1.90. The lowest BCUT2D eigenvalue weighted by Crippen LogP contribution is -2.24. The summed E-state index contributed by atoms with van der Waals surface area (Å²) in [5.74, 6) is -0.784. The molecule has 1 N–H and O–H groups in total. The topological polar surface area (TPSA) is 29.1 Å². The monoisotopic (exact) mass is 367 g/mol. The molecule has 0 radical (unpaired) electrons. The molecule has 22 heavy (non-hydrogen) atoms. The van der Waals surface area contributed by atoms with Crippen molar-refractivity contribution in [1.29, 1.82) is 0 Å². The van der Waals surface area contributed by atoms with Crippen molar-refractivity contribution in [2.45, 2.75) is 25.8 Å². The summed E-state index contributed by atoms with van der Waals surface area (Å²) in [6, 6.07) is 10.5. The van der Waals surface area contributed by atoms with Crippen molar-refractivity contribution in [3.05, 3.63) is 69.7 Å². The van der Waals surface area contributed by atoms with Crippen LogP contribution in [0.4, 0.5) is 8.78 Å². The number of rotatable bonds is 5. The first-order valence-corrected chi connectivity index (χ1v) is 7.71. The number of benzene rings is 2. The standard InChI is InChI=1S/C17H16BrF2NO/c1-11(12-2-4-14(19)5-3-12)8-17(22)21-10-13-9-15(20)6-7-16(13)18/h2-7,9,11H,8,10H2,1H3,(H,21,22). The highest BCUT2D eigenvalue weighted by Crippen LogP contribution is 2.20. The maximum atomic E-state index is 13.2. The normalized spacial score (nSPS) is 12.0. The largest absolute Gasteiger partial charge is 0.352 e. The summed E-state index contributed by atoms with van der Waals surface area (Å²) < 4.78 is 26.8. The third-order valence-electron chi connectivity index (χ3n) is 3.41. The summed E-state index contributed by atoms with van der Waals surface area (Å²) in [4.78, 5) is 12.0. The van der Waals surface area contributed by atoms with E-state index < -0.39 is 0 Å². The number of carbonyl (C=O) groups excluding carboxylic acids is 1. The van der Waals surface area contributed by atoms with Gasteiger partial charge >= 0.3 is 0 Å². The van der Waals surface area contributed by atoms with Gasteiger partial charge in [0.15, 0.2) is 0 Å². The van der Waals surface area contributed by atoms with Crippen LogP contribution in [0.2, 0.25) is 0 Å². The van der Waals surface area contributed by atoms with Crippen LogP contribution in [-0.2, 0) is 11.3 Å². The Morgan fingerprint density at radius 2 is 1.77 bits per heavy atom. The highest BCUT2D eigenvalue weighted by molar-refractivity contribution is 9.10. The summed E-state index contributed by atoms with van der Waals surface area (Å²) in [7, 11) is 0. The van der Waals surface area contributed by atoms with E-state index in [1.807, 2.05) is 6.92 Å². The van der Waals surface area contributed by atoms with E-state index in [9.17, 15) is 13.6 Å². The summed E-state index contributed by atoms with van der Waals surface area (Å²) >= 11 is 3.32. The van der Waals surface area contributed by atoms with Crippen molar-refractivity contribution >= 4 is 21.8 Å². The minimum absolute atomic E-state index is 0.0171. The van der Waals surface area contributed by atoms with Crippen molar-refractivity contribution in [3.63, 3.8) is 0 Å². The highest BCUT2D eigenvalue weighted by atomic mass is 79.9. The minimum atomic E-state index is -0.341. The molecule has 2 nitrogen and oxygen atoms in total. The third kappa shape index (κ3) is 4.63. The van der Waals surface area contributed by atoms with Gasteiger partial charge < -0.3 is 5.32 Å². The zero-order valence-corrected chi connectivity index (χ0v) is 13.7. The van der Waals surface area contributed by atoms with Crippen LogP contribution in [0.1, 0.15) is 30.4 Å². The molecule has 2 rings (SSSR count). The molecule has 0 spiro atoms. The van der Waals surface area contributed by atoms with Crippen LogP contribution in [0, 0.1) is 11.6 Å². The molecule has 0 aliphatic carbocycles. The van der Waals surface area contributed by atoms with Crippen molar-refractivity contribution in [2.75, 3.05) is 0 Å². The van der Waals surface area contributed by atoms with Crippen molar-refractivity contribution in [1.82, 2.24) is 5.32 Å². The Morgan fingerprint density at radius 3 is 2.45 bits per heavy atom. The summed E-state index contributed by atoms with van der Waals surface area (Å²) in [5.41, 5.74) is 1.59. The van der Waals surface area contributed by atoms with E-state index in [1.165, 1.54) is 24.3 Å². The molecule has 5 heteroatoms. The fourth-order valence-corrected chi connectivity index (χ4v) is 2.52. The fraction of sp³-hybridized carbons (Fsp3) is 0.235. The summed E-state index contributed by atoms with van der Waals surface area (Å²) in [6.07, 6.45) is 0.290. The van der Waals surface area contributed by atoms with Gasteiger partial charge in [-0.2, -0.15) is 0 Å². The van der Waals surface area contributed by atoms with Crippen molar-refractivity contribution < 1.29 is 13.6 Å². The molecule has 0 aliphatic heterocycles. The summed E-state index contributed by atoms with van der Waals surface area (Å²) in [6.45, 7) is 2.16. The number of hydrogen-bond donors (Lipinski definition) is 1. The van der Waals surface area contributed by atoms with E-state index in [0.29, 0.717) is 12.0 Å². The molecule has 0 fully saturated rings. The molecule has 0 bridgehead atoms. The number of nitrogens with one attached hydrogen (secondary N) is 1. The first kappa shape index (κ1) is 16.6. The van der Waals surface area contributed by atoms with Crippen LogP contribution in [0.3, 0.4) is 0 Å². The predicted octanol–water partition coefficient (Wildman–Crippen LogP) is 4.54. The molecule has 116 valence electrons. The Morgan fingerprint density at radius 1 is 1.14 bits per heavy atom. The molecular formula is C17H16BrF2NO. The number of hydrogen-bond acceptors (Lipinski definition) is 1. The van der Waals surface area contributed by atoms with Gasteiger partial charge in [0.05, 0.1) is 0 Å². The van der Waals surface area contributed by atoms with Gasteiger partial charge in [0.25, 0.3) is 0 Å². The first-order chi connectivity index (χ1) is 10.5. The maximum absolute atomic E-state index is 13.2. The number of carbonyl (C=O) groups is 1. The number of halogens is 3. The predicted molar refractivity (Wildman–Crippen MR) is 85.4 cm³/mol. The Hall–Kier alpha value is -1.75. The van der Waals surface area contributed by atoms with Crippen LogP contribution in [0.15, 0.2) is 46.9 Å². The molecule has 2 aromatic rings. The van der Waals surface area contributed by atoms with Gasteiger partial charge in [-0.25, -0.2) is 8.78 Å². The van der Waals surface area contributed by atoms with E-state index in [2.05, 4.69) is 21.2 Å². The number of amides is 1. The second-order valence-electron chi connectivity index (χ2n) is 5.17. The quantitative estimate of drug-likeness (QED) is 0.825. The van der Waals surface area contributed by atoms with Crippen LogP contribution in [0.5, 0.6) is 0 Å². The van der Waals surface area contributed by atoms with Crippen molar-refractivity contribution in [2.24, 2.45) is 0 Å². The minimum Gasteiger partial charge on any atom is -0.352 e. The zero-order valence-electron chi connectivity index (χ0n) is 12.1. The van der Waals surface area contributed by atoms with Gasteiger partial charge in [-0.05, 0) is 47.4 Å². The molecule has 0 aliphatic rings. The molecule has 1 atom stereocenters. The molecule has 1 amide bonds. The lowest BCUT2D eigenvalue weighted by atomic mass is 9.97. The second-order valence-corrected chi connectivity index (χ2v) is 6.02. The molecule has 0 heterocycles. The van der Waals surface area contributed by atoms with Gasteiger partial charge in [0.2, 0.25) is 5.91 Å². The van der Waals surface area contributed by atoms with Crippen LogP contribution in [-0.4, -0.2) is 5.91 Å². The van der Waals surface area contributed by atoms with Crippen LogP contribution >= 0.6 is 15.9 Å². The zero-order chi connectivity index (χ0) is 16.1. The van der Waals surface area contributed by atoms with Gasteiger partial charge in [-0.3, -0.25) is 4.79 Å². The van der Waals surface area contributed by atoms with Crippen molar-refractivity contribution in [3.8, 4) is 0 Å². The Bertz CT molecular complexity index is 658. The van der Waals surface area contributed by atoms with Crippen LogP contribution in [0.25, 0.3) is 0 Å². The molecule has 0 saturated heterocycles. The third-order valence-corrected chi connectivity index (χ3v) is 4.19. The van der Waals surface area contributed by atoms with Gasteiger partial charge in [0.1, 0.15) is 11.6 Å². The first-order valence-electron chi connectivity index (χ1n) is 6.92. The van der Waals surface area contributed by atoms with Gasteiger partial charge in [-0.15, -0.1) is 0 Å². The van der Waals surface area contributed by atoms with E-state index in [0.717, 1.165) is 10.0 Å². The SMILES string of the molecule is CC(CC(=O)NCc1cc(F)ccc1Br)c1ccc(F)cc1. The average molecular weight is 368 g/mol. The molecule has 2 aromatic carbocycles. The van der Waals surface area contributed by atoms with E-state index in [4.69, 9.17) is 0 Å². The van der Waals surface area contributed by atoms with Gasteiger partial charge in [0, 0.05) is 17.4 Å². The van der Waals surface area contributed by atoms with E-state index in [1.54, 1.807) is 18.2 Å². The van der Waals surface area contributed by atoms with E-state index in [-0.39, 0.29) is 30.0 Å². The Labute approximate surface area is 136 Å². The lowest BCUT2D eigenvalue weighted by molar-refractivity contribution is -0.121. The molecule has 1 unspecified atom stereocenters. The lowest BCUT2D eigenvalue weighted by Gasteiger charge is -2.12. The van der Waals surface area contributed by atoms with Crippen LogP contribution < -0.4 is 5.32 Å². The molecule has 0 saturated carbocycles.